The van der Waals surface area contributed by atoms with Crippen molar-refractivity contribution in [2.24, 2.45) is 0 Å². The number of amides is 1. The smallest absolute Gasteiger partial charge is 0.228 e. The van der Waals surface area contributed by atoms with E-state index in [1.165, 1.54) is 0 Å². The fourth-order valence-corrected chi connectivity index (χ4v) is 2.86. The molecule has 0 aliphatic carbocycles. The number of aryl methyl sites for hydroxylation is 2. The first-order valence-corrected chi connectivity index (χ1v) is 7.73. The highest BCUT2D eigenvalue weighted by Gasteiger charge is 2.13. The molecule has 4 heteroatoms. The Labute approximate surface area is 140 Å². The topological polar surface area (TPSA) is 65.8 Å². The van der Waals surface area contributed by atoms with Gasteiger partial charge in [0.15, 0.2) is 0 Å². The summed E-state index contributed by atoms with van der Waals surface area (Å²) < 4.78 is 0. The van der Waals surface area contributed by atoms with Crippen LogP contribution in [0.2, 0.25) is 0 Å². The van der Waals surface area contributed by atoms with Gasteiger partial charge < -0.3 is 5.32 Å². The number of nitrogens with one attached hydrogen (secondary N) is 1. The van der Waals surface area contributed by atoms with Crippen LogP contribution in [0.5, 0.6) is 0 Å². The Balaban J connectivity index is 1.86. The van der Waals surface area contributed by atoms with E-state index in [1.807, 2.05) is 38.1 Å². The maximum Gasteiger partial charge on any atom is 0.228 e. The number of hydrogen-bond donors (Lipinski definition) is 1. The molecule has 0 saturated carbocycles. The summed E-state index contributed by atoms with van der Waals surface area (Å²) in [6.45, 7) is 3.95. The molecule has 0 saturated heterocycles. The zero-order valence-electron chi connectivity index (χ0n) is 13.6. The molecule has 1 N–H and O–H groups in total. The van der Waals surface area contributed by atoms with E-state index in [2.05, 4.69) is 16.4 Å². The molecule has 118 valence electrons. The first-order chi connectivity index (χ1) is 11.6. The number of pyridine rings is 1. The zero-order chi connectivity index (χ0) is 17.1. The van der Waals surface area contributed by atoms with Crippen molar-refractivity contribution in [3.63, 3.8) is 0 Å². The summed E-state index contributed by atoms with van der Waals surface area (Å²) in [6, 6.07) is 16.9. The Morgan fingerprint density at radius 2 is 1.96 bits per heavy atom. The van der Waals surface area contributed by atoms with E-state index in [-0.39, 0.29) is 12.3 Å². The lowest BCUT2D eigenvalue weighted by Gasteiger charge is -2.12. The number of hydrogen-bond acceptors (Lipinski definition) is 3. The molecule has 24 heavy (non-hydrogen) atoms. The Morgan fingerprint density at radius 1 is 1.17 bits per heavy atom. The standard InChI is InChI=1S/C20H17N3O/c1-13-17-8-3-4-9-19(17)22-14(2)18(13)11-20(24)23-16-7-5-6-15(10-16)12-21/h3-10H,11H2,1-2H3,(H,23,24). The fraction of sp³-hybridized carbons (Fsp3) is 0.150. The van der Waals surface area contributed by atoms with Crippen LogP contribution < -0.4 is 5.32 Å². The lowest BCUT2D eigenvalue weighted by atomic mass is 9.99. The minimum atomic E-state index is -0.117. The monoisotopic (exact) mass is 315 g/mol. The molecule has 1 amide bonds. The van der Waals surface area contributed by atoms with Crippen molar-refractivity contribution in [1.82, 2.24) is 4.98 Å². The number of aromatic nitrogens is 1. The molecule has 1 heterocycles. The van der Waals surface area contributed by atoms with Gasteiger partial charge in [-0.25, -0.2) is 0 Å². The van der Waals surface area contributed by atoms with Crippen LogP contribution in [0.15, 0.2) is 48.5 Å². The molecule has 4 nitrogen and oxygen atoms in total. The number of anilines is 1. The van der Waals surface area contributed by atoms with Gasteiger partial charge in [0.25, 0.3) is 0 Å². The van der Waals surface area contributed by atoms with Crippen molar-refractivity contribution in [2.75, 3.05) is 5.32 Å². The van der Waals surface area contributed by atoms with Gasteiger partial charge in [0, 0.05) is 16.8 Å². The van der Waals surface area contributed by atoms with Crippen LogP contribution in [0.3, 0.4) is 0 Å². The van der Waals surface area contributed by atoms with E-state index in [0.717, 1.165) is 27.7 Å². The molecule has 3 rings (SSSR count). The molecule has 3 aromatic rings. The highest BCUT2D eigenvalue weighted by Crippen LogP contribution is 2.23. The normalized spacial score (nSPS) is 10.4. The predicted octanol–water partition coefficient (Wildman–Crippen LogP) is 3.90. The van der Waals surface area contributed by atoms with E-state index in [4.69, 9.17) is 5.26 Å². The summed E-state index contributed by atoms with van der Waals surface area (Å²) in [5.74, 6) is -0.117. The van der Waals surface area contributed by atoms with Gasteiger partial charge in [-0.15, -0.1) is 0 Å². The molecule has 0 aliphatic heterocycles. The Kier molecular flexibility index (Phi) is 4.26. The lowest BCUT2D eigenvalue weighted by Crippen LogP contribution is -2.16. The van der Waals surface area contributed by atoms with E-state index < -0.39 is 0 Å². The average Bonchev–Trinajstić information content (AvgIpc) is 2.59. The van der Waals surface area contributed by atoms with Gasteiger partial charge in [0.2, 0.25) is 5.91 Å². The summed E-state index contributed by atoms with van der Waals surface area (Å²) in [4.78, 5) is 17.0. The molecule has 2 aromatic carbocycles. The van der Waals surface area contributed by atoms with Crippen molar-refractivity contribution in [2.45, 2.75) is 20.3 Å². The maximum absolute atomic E-state index is 12.4. The predicted molar refractivity (Wildman–Crippen MR) is 94.7 cm³/mol. The van der Waals surface area contributed by atoms with Crippen molar-refractivity contribution < 1.29 is 4.79 Å². The quantitative estimate of drug-likeness (QED) is 0.797. The van der Waals surface area contributed by atoms with Crippen LogP contribution in [0.1, 0.15) is 22.4 Å². The van der Waals surface area contributed by atoms with E-state index >= 15 is 0 Å². The second kappa shape index (κ2) is 6.51. The number of carbonyl (C=O) groups is 1. The highest BCUT2D eigenvalue weighted by atomic mass is 16.1. The summed E-state index contributed by atoms with van der Waals surface area (Å²) in [5, 5.41) is 12.9. The molecular weight excluding hydrogens is 298 g/mol. The molecule has 0 radical (unpaired) electrons. The minimum absolute atomic E-state index is 0.117. The zero-order valence-corrected chi connectivity index (χ0v) is 13.6. The number of nitriles is 1. The second-order valence-electron chi connectivity index (χ2n) is 5.74. The molecule has 1 aromatic heterocycles. The molecule has 0 aliphatic rings. The summed E-state index contributed by atoms with van der Waals surface area (Å²) in [6.07, 6.45) is 0.256. The lowest BCUT2D eigenvalue weighted by molar-refractivity contribution is -0.115. The third-order valence-electron chi connectivity index (χ3n) is 4.10. The largest absolute Gasteiger partial charge is 0.326 e. The minimum Gasteiger partial charge on any atom is -0.326 e. The van der Waals surface area contributed by atoms with Crippen molar-refractivity contribution in [3.8, 4) is 6.07 Å². The Morgan fingerprint density at radius 3 is 2.75 bits per heavy atom. The average molecular weight is 315 g/mol. The van der Waals surface area contributed by atoms with Gasteiger partial charge in [0.1, 0.15) is 0 Å². The number of rotatable bonds is 3. The number of benzene rings is 2. The molecule has 0 unspecified atom stereocenters. The fourth-order valence-electron chi connectivity index (χ4n) is 2.86. The molecule has 0 atom stereocenters. The summed E-state index contributed by atoms with van der Waals surface area (Å²) in [7, 11) is 0. The van der Waals surface area contributed by atoms with Crippen LogP contribution in [-0.4, -0.2) is 10.9 Å². The van der Waals surface area contributed by atoms with Crippen molar-refractivity contribution in [3.05, 3.63) is 70.9 Å². The van der Waals surface area contributed by atoms with Gasteiger partial charge in [0.05, 0.1) is 23.6 Å². The van der Waals surface area contributed by atoms with Gasteiger partial charge >= 0.3 is 0 Å². The van der Waals surface area contributed by atoms with Crippen LogP contribution in [-0.2, 0) is 11.2 Å². The van der Waals surface area contributed by atoms with Crippen LogP contribution in [0.25, 0.3) is 10.9 Å². The Bertz CT molecular complexity index is 970. The molecular formula is C20H17N3O. The molecule has 0 fully saturated rings. The number of fused-ring (bicyclic) bond motifs is 1. The van der Waals surface area contributed by atoms with E-state index in [0.29, 0.717) is 11.3 Å². The van der Waals surface area contributed by atoms with Crippen molar-refractivity contribution in [1.29, 1.82) is 5.26 Å². The van der Waals surface area contributed by atoms with Crippen LogP contribution in [0, 0.1) is 25.2 Å². The van der Waals surface area contributed by atoms with Gasteiger partial charge in [-0.05, 0) is 49.2 Å². The van der Waals surface area contributed by atoms with Crippen LogP contribution >= 0.6 is 0 Å². The SMILES string of the molecule is Cc1nc2ccccc2c(C)c1CC(=O)Nc1cccc(C#N)c1. The Hall–Kier alpha value is -3.19. The van der Waals surface area contributed by atoms with E-state index in [1.54, 1.807) is 24.3 Å². The third kappa shape index (κ3) is 3.11. The van der Waals surface area contributed by atoms with E-state index in [9.17, 15) is 4.79 Å². The molecule has 0 bridgehead atoms. The van der Waals surface area contributed by atoms with Crippen molar-refractivity contribution >= 4 is 22.5 Å². The maximum atomic E-state index is 12.4. The van der Waals surface area contributed by atoms with Gasteiger partial charge in [-0.1, -0.05) is 24.3 Å². The summed E-state index contributed by atoms with van der Waals surface area (Å²) >= 11 is 0. The molecule has 0 spiro atoms. The summed E-state index contributed by atoms with van der Waals surface area (Å²) in [5.41, 5.74) is 4.99. The number of nitrogens with zero attached hydrogens (tertiary/aromatic N) is 2. The first-order valence-electron chi connectivity index (χ1n) is 7.73. The second-order valence-corrected chi connectivity index (χ2v) is 5.74. The number of carbonyl (C=O) groups excluding carboxylic acids is 1. The third-order valence-corrected chi connectivity index (χ3v) is 4.10. The first kappa shape index (κ1) is 15.7. The van der Waals surface area contributed by atoms with Gasteiger partial charge in [-0.3, -0.25) is 9.78 Å². The number of para-hydroxylation sites is 1. The van der Waals surface area contributed by atoms with Crippen LogP contribution in [0.4, 0.5) is 5.69 Å². The van der Waals surface area contributed by atoms with Gasteiger partial charge in [-0.2, -0.15) is 5.26 Å². The highest BCUT2D eigenvalue weighted by molar-refractivity contribution is 5.94.